The molecule has 0 atom stereocenters. The van der Waals surface area contributed by atoms with Crippen molar-refractivity contribution in [3.8, 4) is 5.75 Å². The zero-order valence-electron chi connectivity index (χ0n) is 20.5. The van der Waals surface area contributed by atoms with Crippen LogP contribution in [0.25, 0.3) is 0 Å². The Bertz CT molecular complexity index is 1250. The highest BCUT2D eigenvalue weighted by molar-refractivity contribution is 5.92. The van der Waals surface area contributed by atoms with Crippen molar-refractivity contribution in [2.75, 3.05) is 48.8 Å². The number of nitrogens with zero attached hydrogens (tertiary/aromatic N) is 4. The van der Waals surface area contributed by atoms with E-state index in [1.807, 2.05) is 47.4 Å². The number of carbonyl (C=O) groups excluding carboxylic acids is 2. The quantitative estimate of drug-likeness (QED) is 0.439. The van der Waals surface area contributed by atoms with Crippen molar-refractivity contribution in [1.82, 2.24) is 14.9 Å². The van der Waals surface area contributed by atoms with Gasteiger partial charge in [0.2, 0.25) is 11.9 Å². The van der Waals surface area contributed by atoms with E-state index in [1.165, 1.54) is 6.08 Å². The Balaban J connectivity index is 1.47. The van der Waals surface area contributed by atoms with Crippen LogP contribution >= 0.6 is 0 Å². The first-order chi connectivity index (χ1) is 17.5. The van der Waals surface area contributed by atoms with E-state index in [-0.39, 0.29) is 18.1 Å². The van der Waals surface area contributed by atoms with E-state index in [4.69, 9.17) is 4.74 Å². The zero-order chi connectivity index (χ0) is 25.5. The molecule has 186 valence electrons. The van der Waals surface area contributed by atoms with Crippen molar-refractivity contribution >= 4 is 40.5 Å². The summed E-state index contributed by atoms with van der Waals surface area (Å²) >= 11 is 0. The second kappa shape index (κ2) is 11.4. The molecular formula is C27H30N6O3. The number of carbonyl (C=O) groups is 2. The number of hydrogen-bond donors (Lipinski definition) is 2. The molecule has 9 nitrogen and oxygen atoms in total. The first-order valence-corrected chi connectivity index (χ1v) is 11.8. The number of ketones is 1. The Morgan fingerprint density at radius 3 is 2.56 bits per heavy atom. The molecule has 1 saturated heterocycles. The molecule has 4 rings (SSSR count). The summed E-state index contributed by atoms with van der Waals surface area (Å²) in [4.78, 5) is 36.5. The molecule has 0 bridgehead atoms. The minimum atomic E-state index is -0.0504. The van der Waals surface area contributed by atoms with E-state index in [1.54, 1.807) is 26.3 Å². The largest absolute Gasteiger partial charge is 0.494 e. The molecule has 0 saturated carbocycles. The Morgan fingerprint density at radius 2 is 1.83 bits per heavy atom. The summed E-state index contributed by atoms with van der Waals surface area (Å²) in [6.07, 6.45) is 3.24. The number of hydrogen-bond acceptors (Lipinski definition) is 8. The lowest BCUT2D eigenvalue weighted by molar-refractivity contribution is -0.129. The van der Waals surface area contributed by atoms with Crippen molar-refractivity contribution in [2.45, 2.75) is 13.3 Å². The van der Waals surface area contributed by atoms with E-state index in [2.05, 4.69) is 32.1 Å². The van der Waals surface area contributed by atoms with E-state index in [0.29, 0.717) is 30.6 Å². The fourth-order valence-electron chi connectivity index (χ4n) is 4.06. The molecule has 1 aliphatic rings. The van der Waals surface area contributed by atoms with Gasteiger partial charge in [0.15, 0.2) is 5.78 Å². The minimum Gasteiger partial charge on any atom is -0.494 e. The van der Waals surface area contributed by atoms with Crippen LogP contribution in [-0.2, 0) is 16.0 Å². The molecule has 3 aromatic rings. The average molecular weight is 487 g/mol. The minimum absolute atomic E-state index is 0.0504. The first-order valence-electron chi connectivity index (χ1n) is 11.8. The van der Waals surface area contributed by atoms with Crippen molar-refractivity contribution in [3.63, 3.8) is 0 Å². The van der Waals surface area contributed by atoms with Crippen molar-refractivity contribution in [3.05, 3.63) is 72.9 Å². The maximum absolute atomic E-state index is 11.9. The van der Waals surface area contributed by atoms with E-state index in [9.17, 15) is 9.59 Å². The van der Waals surface area contributed by atoms with Gasteiger partial charge in [0, 0.05) is 63.2 Å². The number of piperazine rings is 1. The Morgan fingerprint density at radius 1 is 1.06 bits per heavy atom. The summed E-state index contributed by atoms with van der Waals surface area (Å²) in [6, 6.07) is 15.3. The van der Waals surface area contributed by atoms with Gasteiger partial charge in [-0.1, -0.05) is 24.8 Å². The normalized spacial score (nSPS) is 13.2. The van der Waals surface area contributed by atoms with E-state index in [0.717, 1.165) is 35.7 Å². The van der Waals surface area contributed by atoms with Crippen molar-refractivity contribution in [2.24, 2.45) is 0 Å². The number of ether oxygens (including phenoxy) is 1. The average Bonchev–Trinajstić information content (AvgIpc) is 2.90. The van der Waals surface area contributed by atoms with Crippen LogP contribution in [0.3, 0.4) is 0 Å². The molecular weight excluding hydrogens is 456 g/mol. The number of anilines is 5. The lowest BCUT2D eigenvalue weighted by Gasteiger charge is -2.35. The third kappa shape index (κ3) is 5.99. The van der Waals surface area contributed by atoms with Gasteiger partial charge in [0.1, 0.15) is 11.6 Å². The predicted octanol–water partition coefficient (Wildman–Crippen LogP) is 3.94. The van der Waals surface area contributed by atoms with E-state index >= 15 is 0 Å². The van der Waals surface area contributed by atoms with Gasteiger partial charge in [-0.15, -0.1) is 0 Å². The molecule has 9 heteroatoms. The van der Waals surface area contributed by atoms with Crippen LogP contribution in [0.1, 0.15) is 12.5 Å². The first kappa shape index (κ1) is 24.7. The highest BCUT2D eigenvalue weighted by Crippen LogP contribution is 2.32. The third-order valence-corrected chi connectivity index (χ3v) is 6.05. The Labute approximate surface area is 210 Å². The van der Waals surface area contributed by atoms with Gasteiger partial charge in [0.25, 0.3) is 0 Å². The number of benzene rings is 2. The summed E-state index contributed by atoms with van der Waals surface area (Å²) in [5, 5.41) is 6.51. The van der Waals surface area contributed by atoms with Crippen LogP contribution in [0.4, 0.5) is 28.8 Å². The fraction of sp³-hybridized carbons (Fsp3) is 0.259. The number of para-hydroxylation sites is 1. The van der Waals surface area contributed by atoms with E-state index < -0.39 is 0 Å². The zero-order valence-corrected chi connectivity index (χ0v) is 20.5. The lowest BCUT2D eigenvalue weighted by Crippen LogP contribution is -2.48. The van der Waals surface area contributed by atoms with Gasteiger partial charge in [-0.05, 0) is 35.9 Å². The number of rotatable bonds is 9. The molecule has 0 spiro atoms. The predicted molar refractivity (Wildman–Crippen MR) is 141 cm³/mol. The van der Waals surface area contributed by atoms with Crippen LogP contribution in [-0.4, -0.2) is 59.8 Å². The number of methoxy groups -OCH3 is 1. The molecule has 36 heavy (non-hydrogen) atoms. The monoisotopic (exact) mass is 486 g/mol. The molecule has 1 fully saturated rings. The SMILES string of the molecule is C=CC(=O)Cc1ccccc1Nc1ccnc(Nc2ccc(N3CCN(C(C)=O)CC3)cc2OC)n1. The number of nitrogens with one attached hydrogen (secondary N) is 2. The van der Waals surface area contributed by atoms with Crippen LogP contribution in [0.2, 0.25) is 0 Å². The fourth-order valence-corrected chi connectivity index (χ4v) is 4.06. The molecule has 1 aromatic heterocycles. The second-order valence-electron chi connectivity index (χ2n) is 8.40. The standard InChI is InChI=1S/C27H30N6O3/c1-4-22(35)17-20-7-5-6-8-23(20)29-26-11-12-28-27(31-26)30-24-10-9-21(18-25(24)36-3)33-15-13-32(14-16-33)19(2)34/h4-12,18H,1,13-17H2,2-3H3,(H2,28,29,30,31). The molecule has 0 aliphatic carbocycles. The molecule has 2 heterocycles. The summed E-state index contributed by atoms with van der Waals surface area (Å²) in [5.41, 5.74) is 3.42. The van der Waals surface area contributed by atoms with Crippen LogP contribution in [0, 0.1) is 0 Å². The number of amides is 1. The third-order valence-electron chi connectivity index (χ3n) is 6.05. The van der Waals surface area contributed by atoms with Gasteiger partial charge in [-0.3, -0.25) is 9.59 Å². The highest BCUT2D eigenvalue weighted by atomic mass is 16.5. The number of allylic oxidation sites excluding steroid dienone is 1. The smallest absolute Gasteiger partial charge is 0.229 e. The molecule has 2 aromatic carbocycles. The second-order valence-corrected chi connectivity index (χ2v) is 8.40. The number of aromatic nitrogens is 2. The highest BCUT2D eigenvalue weighted by Gasteiger charge is 2.20. The van der Waals surface area contributed by atoms with Gasteiger partial charge in [-0.25, -0.2) is 4.98 Å². The summed E-state index contributed by atoms with van der Waals surface area (Å²) < 4.78 is 5.63. The Kier molecular flexibility index (Phi) is 7.79. The van der Waals surface area contributed by atoms with Gasteiger partial charge in [-0.2, -0.15) is 4.98 Å². The summed E-state index contributed by atoms with van der Waals surface area (Å²) in [6.45, 7) is 8.11. The summed E-state index contributed by atoms with van der Waals surface area (Å²) in [7, 11) is 1.62. The topological polar surface area (TPSA) is 99.7 Å². The summed E-state index contributed by atoms with van der Waals surface area (Å²) in [5.74, 6) is 1.71. The van der Waals surface area contributed by atoms with Crippen molar-refractivity contribution in [1.29, 1.82) is 0 Å². The van der Waals surface area contributed by atoms with Gasteiger partial charge in [0.05, 0.1) is 12.8 Å². The van der Waals surface area contributed by atoms with Crippen LogP contribution in [0.15, 0.2) is 67.4 Å². The van der Waals surface area contributed by atoms with Crippen LogP contribution in [0.5, 0.6) is 5.75 Å². The molecule has 0 radical (unpaired) electrons. The molecule has 1 amide bonds. The molecule has 2 N–H and O–H groups in total. The lowest BCUT2D eigenvalue weighted by atomic mass is 10.1. The molecule has 1 aliphatic heterocycles. The maximum atomic E-state index is 11.9. The molecule has 0 unspecified atom stereocenters. The van der Waals surface area contributed by atoms with Crippen molar-refractivity contribution < 1.29 is 14.3 Å². The van der Waals surface area contributed by atoms with Crippen LogP contribution < -0.4 is 20.3 Å². The van der Waals surface area contributed by atoms with Gasteiger partial charge < -0.3 is 25.2 Å². The maximum Gasteiger partial charge on any atom is 0.229 e. The Hall–Kier alpha value is -4.40. The van der Waals surface area contributed by atoms with Gasteiger partial charge >= 0.3 is 0 Å².